The number of aliphatic hydroxyl groups excluding tert-OH is 1. The first-order valence-electron chi connectivity index (χ1n) is 5.38. The van der Waals surface area contributed by atoms with E-state index in [-0.39, 0.29) is 12.5 Å². The number of carboxylic acids is 1. The third-order valence-electron chi connectivity index (χ3n) is 2.98. The highest BCUT2D eigenvalue weighted by atomic mass is 16.4. The highest BCUT2D eigenvalue weighted by Crippen LogP contribution is 2.29. The van der Waals surface area contributed by atoms with Gasteiger partial charge >= 0.3 is 5.97 Å². The van der Waals surface area contributed by atoms with Gasteiger partial charge in [0.25, 0.3) is 0 Å². The number of hydrogen-bond donors (Lipinski definition) is 2. The van der Waals surface area contributed by atoms with Crippen molar-refractivity contribution in [2.45, 2.75) is 39.8 Å². The van der Waals surface area contributed by atoms with Gasteiger partial charge in [0.15, 0.2) is 0 Å². The van der Waals surface area contributed by atoms with Crippen molar-refractivity contribution in [3.63, 3.8) is 0 Å². The number of rotatable bonds is 1. The molecular formula is C11H19NO4. The molecule has 0 saturated carbocycles. The first kappa shape index (κ1) is 13.0. The number of aliphatic carboxylic acids is 1. The third-order valence-corrected chi connectivity index (χ3v) is 2.98. The Hall–Kier alpha value is -1.10. The van der Waals surface area contributed by atoms with Gasteiger partial charge < -0.3 is 15.1 Å². The van der Waals surface area contributed by atoms with Crippen LogP contribution in [0, 0.1) is 11.3 Å². The molecule has 0 aromatic rings. The maximum Gasteiger partial charge on any atom is 0.326 e. The number of nitrogens with zero attached hydrogens (tertiary/aromatic N) is 1. The van der Waals surface area contributed by atoms with Crippen molar-refractivity contribution in [3.05, 3.63) is 0 Å². The van der Waals surface area contributed by atoms with Gasteiger partial charge in [0.1, 0.15) is 6.04 Å². The summed E-state index contributed by atoms with van der Waals surface area (Å²) in [7, 11) is 0. The SMILES string of the molecule is C[C@@H]1[C@H](O)CN(C(=O)C(C)(C)C)[C@@H]1C(=O)O. The van der Waals surface area contributed by atoms with Crippen LogP contribution in [0.5, 0.6) is 0 Å². The molecule has 1 saturated heterocycles. The summed E-state index contributed by atoms with van der Waals surface area (Å²) >= 11 is 0. The van der Waals surface area contributed by atoms with Gasteiger partial charge in [-0.3, -0.25) is 4.79 Å². The maximum atomic E-state index is 12.0. The smallest absolute Gasteiger partial charge is 0.326 e. The average molecular weight is 229 g/mol. The summed E-state index contributed by atoms with van der Waals surface area (Å²) in [6, 6.07) is -0.915. The monoisotopic (exact) mass is 229 g/mol. The van der Waals surface area contributed by atoms with Gasteiger partial charge in [-0.25, -0.2) is 4.79 Å². The van der Waals surface area contributed by atoms with Crippen LogP contribution < -0.4 is 0 Å². The van der Waals surface area contributed by atoms with Crippen LogP contribution in [0.15, 0.2) is 0 Å². The fourth-order valence-electron chi connectivity index (χ4n) is 1.97. The molecule has 1 heterocycles. The number of likely N-dealkylation sites (tertiary alicyclic amines) is 1. The number of carbonyl (C=O) groups is 2. The highest BCUT2D eigenvalue weighted by Gasteiger charge is 2.47. The van der Waals surface area contributed by atoms with Gasteiger partial charge in [0, 0.05) is 17.9 Å². The van der Waals surface area contributed by atoms with Gasteiger partial charge in [-0.05, 0) is 0 Å². The first-order chi connectivity index (χ1) is 7.16. The van der Waals surface area contributed by atoms with Gasteiger partial charge in [-0.1, -0.05) is 27.7 Å². The fraction of sp³-hybridized carbons (Fsp3) is 0.818. The highest BCUT2D eigenvalue weighted by molar-refractivity contribution is 5.87. The van der Waals surface area contributed by atoms with Crippen LogP contribution in [0.1, 0.15) is 27.7 Å². The second-order valence-corrected chi connectivity index (χ2v) is 5.42. The first-order valence-corrected chi connectivity index (χ1v) is 5.38. The summed E-state index contributed by atoms with van der Waals surface area (Å²) in [5, 5.41) is 18.7. The molecular weight excluding hydrogens is 210 g/mol. The number of carboxylic acid groups (broad SMARTS) is 1. The van der Waals surface area contributed by atoms with Crippen LogP contribution in [0.2, 0.25) is 0 Å². The molecule has 0 aromatic heterocycles. The van der Waals surface area contributed by atoms with E-state index in [4.69, 9.17) is 5.11 Å². The summed E-state index contributed by atoms with van der Waals surface area (Å²) in [6.45, 7) is 6.98. The molecule has 0 spiro atoms. The second-order valence-electron chi connectivity index (χ2n) is 5.42. The van der Waals surface area contributed by atoms with E-state index >= 15 is 0 Å². The van der Waals surface area contributed by atoms with E-state index < -0.39 is 29.4 Å². The Bertz CT molecular complexity index is 308. The van der Waals surface area contributed by atoms with Crippen molar-refractivity contribution in [1.29, 1.82) is 0 Å². The van der Waals surface area contributed by atoms with Crippen LogP contribution in [-0.2, 0) is 9.59 Å². The molecule has 1 rings (SSSR count). The molecule has 1 aliphatic rings. The van der Waals surface area contributed by atoms with Gasteiger partial charge in [-0.15, -0.1) is 0 Å². The van der Waals surface area contributed by atoms with Crippen molar-refractivity contribution < 1.29 is 19.8 Å². The molecule has 1 fully saturated rings. The van der Waals surface area contributed by atoms with E-state index in [0.717, 1.165) is 0 Å². The van der Waals surface area contributed by atoms with E-state index in [9.17, 15) is 14.7 Å². The molecule has 1 amide bonds. The predicted octanol–water partition coefficient (Wildman–Crippen LogP) is 0.325. The molecule has 5 nitrogen and oxygen atoms in total. The minimum Gasteiger partial charge on any atom is -0.480 e. The Kier molecular flexibility index (Phi) is 3.28. The lowest BCUT2D eigenvalue weighted by atomic mass is 9.93. The van der Waals surface area contributed by atoms with E-state index in [1.165, 1.54) is 4.90 Å². The standard InChI is InChI=1S/C11H19NO4/c1-6-7(13)5-12(8(6)9(14)15)10(16)11(2,3)4/h6-8,13H,5H2,1-4H3,(H,14,15)/t6-,7-,8+/m1/s1. The van der Waals surface area contributed by atoms with Crippen LogP contribution in [0.4, 0.5) is 0 Å². The largest absolute Gasteiger partial charge is 0.480 e. The van der Waals surface area contributed by atoms with Gasteiger partial charge in [0.2, 0.25) is 5.91 Å². The molecule has 0 unspecified atom stereocenters. The zero-order valence-electron chi connectivity index (χ0n) is 10.1. The summed E-state index contributed by atoms with van der Waals surface area (Å²) < 4.78 is 0. The number of aliphatic hydroxyl groups is 1. The number of hydrogen-bond acceptors (Lipinski definition) is 3. The lowest BCUT2D eigenvalue weighted by Crippen LogP contribution is -2.47. The van der Waals surface area contributed by atoms with Crippen molar-refractivity contribution in [2.24, 2.45) is 11.3 Å². The minimum atomic E-state index is -1.05. The van der Waals surface area contributed by atoms with Crippen molar-refractivity contribution in [3.8, 4) is 0 Å². The normalized spacial score (nSPS) is 30.6. The Balaban J connectivity index is 2.96. The molecule has 0 aliphatic carbocycles. The Morgan fingerprint density at radius 3 is 2.19 bits per heavy atom. The molecule has 5 heteroatoms. The molecule has 3 atom stereocenters. The number of amides is 1. The number of carbonyl (C=O) groups excluding carboxylic acids is 1. The summed E-state index contributed by atoms with van der Waals surface area (Å²) in [6.07, 6.45) is -0.757. The average Bonchev–Trinajstić information content (AvgIpc) is 2.40. The van der Waals surface area contributed by atoms with E-state index in [1.807, 2.05) is 0 Å². The van der Waals surface area contributed by atoms with E-state index in [1.54, 1.807) is 27.7 Å². The van der Waals surface area contributed by atoms with Crippen LogP contribution in [-0.4, -0.2) is 45.7 Å². The molecule has 2 N–H and O–H groups in total. The fourth-order valence-corrected chi connectivity index (χ4v) is 1.97. The van der Waals surface area contributed by atoms with Crippen LogP contribution >= 0.6 is 0 Å². The Labute approximate surface area is 95.1 Å². The Morgan fingerprint density at radius 2 is 1.81 bits per heavy atom. The maximum absolute atomic E-state index is 12.0. The van der Waals surface area contributed by atoms with Crippen molar-refractivity contribution in [2.75, 3.05) is 6.54 Å². The van der Waals surface area contributed by atoms with Gasteiger partial charge in [-0.2, -0.15) is 0 Å². The number of β-amino-alcohol motifs (C(OH)–C–C–N with tert-alkyl or cyclic N) is 1. The molecule has 92 valence electrons. The van der Waals surface area contributed by atoms with E-state index in [0.29, 0.717) is 0 Å². The Morgan fingerprint density at radius 1 is 1.31 bits per heavy atom. The summed E-state index contributed by atoms with van der Waals surface area (Å²) in [4.78, 5) is 24.4. The lowest BCUT2D eigenvalue weighted by molar-refractivity contribution is -0.152. The summed E-state index contributed by atoms with van der Waals surface area (Å²) in [5.41, 5.74) is -0.627. The second kappa shape index (κ2) is 4.05. The van der Waals surface area contributed by atoms with Crippen molar-refractivity contribution >= 4 is 11.9 Å². The molecule has 0 bridgehead atoms. The van der Waals surface area contributed by atoms with Gasteiger partial charge in [0.05, 0.1) is 6.10 Å². The lowest BCUT2D eigenvalue weighted by Gasteiger charge is -2.29. The summed E-state index contributed by atoms with van der Waals surface area (Å²) in [5.74, 6) is -1.71. The molecule has 1 aliphatic heterocycles. The predicted molar refractivity (Wildman–Crippen MR) is 57.8 cm³/mol. The van der Waals surface area contributed by atoms with Crippen molar-refractivity contribution in [1.82, 2.24) is 4.90 Å². The van der Waals surface area contributed by atoms with Crippen LogP contribution in [0.25, 0.3) is 0 Å². The molecule has 0 radical (unpaired) electrons. The van der Waals surface area contributed by atoms with Crippen LogP contribution in [0.3, 0.4) is 0 Å². The topological polar surface area (TPSA) is 77.8 Å². The minimum absolute atomic E-state index is 0.105. The third kappa shape index (κ3) is 2.19. The molecule has 0 aromatic carbocycles. The quantitative estimate of drug-likeness (QED) is 0.679. The molecule has 16 heavy (non-hydrogen) atoms. The van der Waals surface area contributed by atoms with E-state index in [2.05, 4.69) is 0 Å². The zero-order chi connectivity index (χ0) is 12.7. The zero-order valence-corrected chi connectivity index (χ0v) is 10.1.